The van der Waals surface area contributed by atoms with Crippen LogP contribution in [0.15, 0.2) is 83.8 Å². The van der Waals surface area contributed by atoms with Crippen LogP contribution in [0, 0.1) is 0 Å². The van der Waals surface area contributed by atoms with Gasteiger partial charge in [0.05, 0.1) is 10.6 Å². The molecule has 3 atom stereocenters. The summed E-state index contributed by atoms with van der Waals surface area (Å²) in [7, 11) is -3.56. The van der Waals surface area contributed by atoms with E-state index in [1.807, 2.05) is 42.5 Å². The van der Waals surface area contributed by atoms with Crippen LogP contribution in [0.4, 0.5) is 5.69 Å². The maximum absolute atomic E-state index is 13.3. The second-order valence-electron chi connectivity index (χ2n) is 6.77. The number of para-hydroxylation sites is 1. The second-order valence-corrected chi connectivity index (χ2v) is 8.85. The van der Waals surface area contributed by atoms with Crippen molar-refractivity contribution in [2.45, 2.75) is 22.3 Å². The molecule has 5 nitrogen and oxygen atoms in total. The van der Waals surface area contributed by atoms with E-state index in [-0.39, 0.29) is 5.75 Å². The van der Waals surface area contributed by atoms with Gasteiger partial charge in [0.2, 0.25) is 0 Å². The molecule has 2 aliphatic heterocycles. The molecule has 3 aromatic carbocycles. The molecule has 136 valence electrons. The van der Waals surface area contributed by atoms with Gasteiger partial charge in [0.15, 0.2) is 9.84 Å². The van der Waals surface area contributed by atoms with Gasteiger partial charge in [-0.2, -0.15) is 0 Å². The molecule has 0 amide bonds. The topological polar surface area (TPSA) is 66.8 Å². The summed E-state index contributed by atoms with van der Waals surface area (Å²) in [4.78, 5) is 6.57. The summed E-state index contributed by atoms with van der Waals surface area (Å²) in [5, 5.41) is 10.6. The van der Waals surface area contributed by atoms with E-state index in [0.29, 0.717) is 10.5 Å². The molecule has 0 bridgehead atoms. The van der Waals surface area contributed by atoms with Crippen LogP contribution in [-0.2, 0) is 14.7 Å². The highest BCUT2D eigenvalue weighted by molar-refractivity contribution is 7.92. The second kappa shape index (κ2) is 5.84. The first-order valence-corrected chi connectivity index (χ1v) is 10.2. The lowest BCUT2D eigenvalue weighted by atomic mass is 9.97. The predicted octanol–water partition coefficient (Wildman–Crippen LogP) is 3.78. The number of hydrogen-bond donors (Lipinski definition) is 1. The van der Waals surface area contributed by atoms with E-state index in [9.17, 15) is 13.5 Å². The number of rotatable bonds is 2. The smallest absolute Gasteiger partial charge is 0.187 e. The third-order valence-electron chi connectivity index (χ3n) is 5.23. The molecule has 1 N–H and O–H groups in total. The van der Waals surface area contributed by atoms with Crippen molar-refractivity contribution in [3.8, 4) is 5.75 Å². The van der Waals surface area contributed by atoms with Gasteiger partial charge in [-0.3, -0.25) is 4.84 Å². The first kappa shape index (κ1) is 16.4. The number of hydroxylamine groups is 1. The van der Waals surface area contributed by atoms with Gasteiger partial charge in [0.1, 0.15) is 23.1 Å². The molecule has 0 aliphatic carbocycles. The summed E-state index contributed by atoms with van der Waals surface area (Å²) >= 11 is 0. The Labute approximate surface area is 157 Å². The molecule has 5 rings (SSSR count). The lowest BCUT2D eigenvalue weighted by Crippen LogP contribution is -2.30. The van der Waals surface area contributed by atoms with Crippen molar-refractivity contribution >= 4 is 15.5 Å². The monoisotopic (exact) mass is 379 g/mol. The Morgan fingerprint density at radius 2 is 1.52 bits per heavy atom. The number of anilines is 1. The van der Waals surface area contributed by atoms with E-state index in [4.69, 9.17) is 4.84 Å². The minimum Gasteiger partial charge on any atom is -0.508 e. The van der Waals surface area contributed by atoms with Crippen LogP contribution in [0.1, 0.15) is 23.3 Å². The van der Waals surface area contributed by atoms with Crippen LogP contribution in [-0.4, -0.2) is 18.8 Å². The maximum Gasteiger partial charge on any atom is 0.187 e. The third kappa shape index (κ3) is 2.37. The van der Waals surface area contributed by atoms with Gasteiger partial charge in [-0.15, -0.1) is 0 Å². The van der Waals surface area contributed by atoms with Gasteiger partial charge in [-0.25, -0.2) is 13.5 Å². The van der Waals surface area contributed by atoms with Crippen molar-refractivity contribution in [2.24, 2.45) is 0 Å². The maximum atomic E-state index is 13.3. The third-order valence-corrected chi connectivity index (χ3v) is 7.43. The largest absolute Gasteiger partial charge is 0.508 e. The molecule has 0 saturated carbocycles. The van der Waals surface area contributed by atoms with Crippen molar-refractivity contribution in [3.05, 3.63) is 90.0 Å². The molecule has 0 radical (unpaired) electrons. The number of hydrogen-bond acceptors (Lipinski definition) is 5. The predicted molar refractivity (Wildman–Crippen MR) is 101 cm³/mol. The SMILES string of the molecule is O=S1(=O)c2ccccc2C2ON(c3ccccc3)C(c3ccc(O)cc3)C21. The van der Waals surface area contributed by atoms with E-state index in [1.165, 1.54) is 0 Å². The molecule has 1 fully saturated rings. The molecule has 0 spiro atoms. The molecule has 0 aromatic heterocycles. The van der Waals surface area contributed by atoms with Gasteiger partial charge in [0.25, 0.3) is 0 Å². The molecule has 2 heterocycles. The van der Waals surface area contributed by atoms with Crippen molar-refractivity contribution in [3.63, 3.8) is 0 Å². The summed E-state index contributed by atoms with van der Waals surface area (Å²) < 4.78 is 26.7. The van der Waals surface area contributed by atoms with Gasteiger partial charge in [-0.1, -0.05) is 48.5 Å². The number of nitrogens with zero attached hydrogens (tertiary/aromatic N) is 1. The number of fused-ring (bicyclic) bond motifs is 3. The highest BCUT2D eigenvalue weighted by atomic mass is 32.2. The van der Waals surface area contributed by atoms with Gasteiger partial charge in [0, 0.05) is 5.56 Å². The number of benzene rings is 3. The van der Waals surface area contributed by atoms with Gasteiger partial charge >= 0.3 is 0 Å². The van der Waals surface area contributed by atoms with Crippen molar-refractivity contribution in [1.82, 2.24) is 0 Å². The Morgan fingerprint density at radius 3 is 2.26 bits per heavy atom. The van der Waals surface area contributed by atoms with E-state index in [2.05, 4.69) is 0 Å². The normalized spacial score (nSPS) is 25.2. The van der Waals surface area contributed by atoms with Crippen molar-refractivity contribution in [2.75, 3.05) is 5.06 Å². The molecule has 27 heavy (non-hydrogen) atoms. The van der Waals surface area contributed by atoms with Crippen LogP contribution in [0.2, 0.25) is 0 Å². The first-order chi connectivity index (χ1) is 13.1. The van der Waals surface area contributed by atoms with Crippen LogP contribution < -0.4 is 5.06 Å². The zero-order valence-corrected chi connectivity index (χ0v) is 15.1. The molecular formula is C21H17NO4S. The fraction of sp³-hybridized carbons (Fsp3) is 0.143. The standard InChI is InChI=1S/C21H17NO4S/c23-16-12-10-14(11-13-16)19-21-20(26-22(19)15-6-2-1-3-7-15)17-8-4-5-9-18(17)27(21,24)25/h1-13,19-21,23H. The zero-order chi connectivity index (χ0) is 18.6. The van der Waals surface area contributed by atoms with Crippen molar-refractivity contribution < 1.29 is 18.4 Å². The van der Waals surface area contributed by atoms with Crippen LogP contribution in [0.25, 0.3) is 0 Å². The molecular weight excluding hydrogens is 362 g/mol. The highest BCUT2D eigenvalue weighted by Gasteiger charge is 2.58. The van der Waals surface area contributed by atoms with Crippen LogP contribution >= 0.6 is 0 Å². The number of phenols is 1. The summed E-state index contributed by atoms with van der Waals surface area (Å²) in [6.07, 6.45) is -0.565. The summed E-state index contributed by atoms with van der Waals surface area (Å²) in [6.45, 7) is 0. The average molecular weight is 379 g/mol. The van der Waals surface area contributed by atoms with E-state index in [1.54, 1.807) is 41.5 Å². The minimum absolute atomic E-state index is 0.137. The lowest BCUT2D eigenvalue weighted by molar-refractivity contribution is 0.0849. The zero-order valence-electron chi connectivity index (χ0n) is 14.3. The van der Waals surface area contributed by atoms with Crippen LogP contribution in [0.5, 0.6) is 5.75 Å². The highest BCUT2D eigenvalue weighted by Crippen LogP contribution is 2.54. The van der Waals surface area contributed by atoms with Crippen LogP contribution in [0.3, 0.4) is 0 Å². The van der Waals surface area contributed by atoms with Gasteiger partial charge in [-0.05, 0) is 35.9 Å². The number of aromatic hydroxyl groups is 1. The quantitative estimate of drug-likeness (QED) is 0.734. The summed E-state index contributed by atoms with van der Waals surface area (Å²) in [5.41, 5.74) is 2.27. The van der Waals surface area contributed by atoms with E-state index >= 15 is 0 Å². The fourth-order valence-electron chi connectivity index (χ4n) is 4.03. The Kier molecular flexibility index (Phi) is 3.54. The van der Waals surface area contributed by atoms with Gasteiger partial charge < -0.3 is 5.11 Å². The molecule has 3 aromatic rings. The fourth-order valence-corrected chi connectivity index (χ4v) is 6.23. The summed E-state index contributed by atoms with van der Waals surface area (Å²) in [6, 6.07) is 22.6. The average Bonchev–Trinajstić information content (AvgIpc) is 3.19. The number of phenolic OH excluding ortho intramolecular Hbond substituents is 1. The Morgan fingerprint density at radius 1 is 0.852 bits per heavy atom. The molecule has 6 heteroatoms. The summed E-state index contributed by atoms with van der Waals surface area (Å²) in [5.74, 6) is 0.137. The minimum atomic E-state index is -3.56. The Balaban J connectivity index is 1.70. The number of sulfone groups is 1. The lowest BCUT2D eigenvalue weighted by Gasteiger charge is -2.27. The van der Waals surface area contributed by atoms with E-state index in [0.717, 1.165) is 11.3 Å². The molecule has 3 unspecified atom stereocenters. The Bertz CT molecular complexity index is 1100. The first-order valence-electron chi connectivity index (χ1n) is 8.70. The molecule has 1 saturated heterocycles. The van der Waals surface area contributed by atoms with Crippen molar-refractivity contribution in [1.29, 1.82) is 0 Å². The molecule has 2 aliphatic rings. The Hall–Kier alpha value is -2.83. The van der Waals surface area contributed by atoms with E-state index < -0.39 is 27.2 Å².